The van der Waals surface area contributed by atoms with Gasteiger partial charge in [-0.15, -0.1) is 11.3 Å². The molecule has 3 rings (SSSR count). The summed E-state index contributed by atoms with van der Waals surface area (Å²) >= 11 is 3.40. The zero-order chi connectivity index (χ0) is 15.4. The van der Waals surface area contributed by atoms with Gasteiger partial charge in [-0.05, 0) is 25.0 Å². The number of rotatable bonds is 4. The van der Waals surface area contributed by atoms with E-state index < -0.39 is 0 Å². The SMILES string of the molecule is CC(=O)NCc1ccc(C2=NNC(=NC3CCCC3)SC2)s1. The van der Waals surface area contributed by atoms with Crippen molar-refractivity contribution in [3.8, 4) is 0 Å². The molecule has 118 valence electrons. The molecule has 0 spiro atoms. The molecule has 0 atom stereocenters. The smallest absolute Gasteiger partial charge is 0.217 e. The average molecular weight is 336 g/mol. The highest BCUT2D eigenvalue weighted by Gasteiger charge is 2.18. The lowest BCUT2D eigenvalue weighted by atomic mass is 10.3. The van der Waals surface area contributed by atoms with Crippen LogP contribution in [0.1, 0.15) is 42.4 Å². The van der Waals surface area contributed by atoms with Crippen LogP contribution < -0.4 is 10.7 Å². The lowest BCUT2D eigenvalue weighted by Crippen LogP contribution is -2.26. The van der Waals surface area contributed by atoms with E-state index in [1.807, 2.05) is 6.07 Å². The van der Waals surface area contributed by atoms with Crippen molar-refractivity contribution in [2.75, 3.05) is 5.75 Å². The van der Waals surface area contributed by atoms with Gasteiger partial charge in [0.2, 0.25) is 5.91 Å². The average Bonchev–Trinajstić information content (AvgIpc) is 3.17. The number of nitrogens with one attached hydrogen (secondary N) is 2. The number of aliphatic imine (C=N–C) groups is 1. The summed E-state index contributed by atoms with van der Waals surface area (Å²) in [7, 11) is 0. The molecule has 2 heterocycles. The van der Waals surface area contributed by atoms with Crippen molar-refractivity contribution in [1.29, 1.82) is 0 Å². The maximum Gasteiger partial charge on any atom is 0.217 e. The first kappa shape index (κ1) is 15.6. The van der Waals surface area contributed by atoms with Crippen molar-refractivity contribution in [3.63, 3.8) is 0 Å². The summed E-state index contributed by atoms with van der Waals surface area (Å²) in [6.07, 6.45) is 5.01. The zero-order valence-electron chi connectivity index (χ0n) is 12.6. The highest BCUT2D eigenvalue weighted by Crippen LogP contribution is 2.24. The van der Waals surface area contributed by atoms with Gasteiger partial charge in [0.25, 0.3) is 0 Å². The molecule has 2 aliphatic rings. The van der Waals surface area contributed by atoms with E-state index in [2.05, 4.69) is 21.9 Å². The molecule has 1 aromatic heterocycles. The first-order chi connectivity index (χ1) is 10.7. The maximum atomic E-state index is 10.9. The van der Waals surface area contributed by atoms with Crippen LogP contribution >= 0.6 is 23.1 Å². The maximum absolute atomic E-state index is 10.9. The van der Waals surface area contributed by atoms with E-state index >= 15 is 0 Å². The van der Waals surface area contributed by atoms with Gasteiger partial charge in [-0.3, -0.25) is 15.2 Å². The third-order valence-corrected chi connectivity index (χ3v) is 5.74. The molecule has 2 N–H and O–H groups in total. The van der Waals surface area contributed by atoms with Crippen LogP contribution in [0.2, 0.25) is 0 Å². The molecule has 1 aromatic rings. The van der Waals surface area contributed by atoms with E-state index in [0.29, 0.717) is 12.6 Å². The van der Waals surface area contributed by atoms with E-state index in [1.165, 1.54) is 32.6 Å². The van der Waals surface area contributed by atoms with Crippen LogP contribution in [0.25, 0.3) is 0 Å². The summed E-state index contributed by atoms with van der Waals surface area (Å²) in [5.41, 5.74) is 4.14. The summed E-state index contributed by atoms with van der Waals surface area (Å²) in [6.45, 7) is 2.12. The Balaban J connectivity index is 1.59. The molecule has 1 amide bonds. The van der Waals surface area contributed by atoms with Crippen molar-refractivity contribution < 1.29 is 4.79 Å². The number of thiophene rings is 1. The topological polar surface area (TPSA) is 65.8 Å². The standard InChI is InChI=1S/C15H20N4OS2/c1-10(20)16-8-12-6-7-14(22-12)13-9-21-15(19-18-13)17-11-4-2-3-5-11/h6-7,11H,2-5,8-9H2,1H3,(H,16,20)(H,17,19). The molecule has 1 aliphatic carbocycles. The second-order valence-electron chi connectivity index (χ2n) is 5.51. The van der Waals surface area contributed by atoms with Crippen LogP contribution in [-0.2, 0) is 11.3 Å². The highest BCUT2D eigenvalue weighted by molar-refractivity contribution is 8.14. The number of hydrogen-bond donors (Lipinski definition) is 2. The van der Waals surface area contributed by atoms with Crippen molar-refractivity contribution in [3.05, 3.63) is 21.9 Å². The van der Waals surface area contributed by atoms with E-state index in [-0.39, 0.29) is 5.91 Å². The van der Waals surface area contributed by atoms with Crippen LogP contribution in [-0.4, -0.2) is 28.6 Å². The summed E-state index contributed by atoms with van der Waals surface area (Å²) in [5.74, 6) is 0.841. The van der Waals surface area contributed by atoms with Crippen LogP contribution in [0.15, 0.2) is 22.2 Å². The van der Waals surface area contributed by atoms with E-state index in [0.717, 1.165) is 26.4 Å². The molecular formula is C15H20N4OS2. The van der Waals surface area contributed by atoms with E-state index in [1.54, 1.807) is 23.1 Å². The van der Waals surface area contributed by atoms with Crippen LogP contribution in [0.5, 0.6) is 0 Å². The summed E-state index contributed by atoms with van der Waals surface area (Å²) < 4.78 is 0. The fraction of sp³-hybridized carbons (Fsp3) is 0.533. The number of nitrogens with zero attached hydrogens (tertiary/aromatic N) is 2. The van der Waals surface area contributed by atoms with Gasteiger partial charge in [0.15, 0.2) is 5.17 Å². The largest absolute Gasteiger partial charge is 0.351 e. The normalized spacial score (nSPS) is 20.8. The molecule has 7 heteroatoms. The summed E-state index contributed by atoms with van der Waals surface area (Å²) in [6, 6.07) is 4.60. The second kappa shape index (κ2) is 7.28. The second-order valence-corrected chi connectivity index (χ2v) is 7.64. The van der Waals surface area contributed by atoms with Gasteiger partial charge in [0, 0.05) is 17.6 Å². The Morgan fingerprint density at radius 2 is 2.27 bits per heavy atom. The number of thioether (sulfide) groups is 1. The van der Waals surface area contributed by atoms with Gasteiger partial charge in [-0.1, -0.05) is 24.6 Å². The predicted octanol–water partition coefficient (Wildman–Crippen LogP) is 2.72. The number of carbonyl (C=O) groups is 1. The monoisotopic (exact) mass is 336 g/mol. The van der Waals surface area contributed by atoms with Crippen molar-refractivity contribution >= 4 is 39.9 Å². The molecule has 0 bridgehead atoms. The van der Waals surface area contributed by atoms with Crippen molar-refractivity contribution in [2.45, 2.75) is 45.2 Å². The van der Waals surface area contributed by atoms with Crippen molar-refractivity contribution in [2.24, 2.45) is 10.1 Å². The number of carbonyl (C=O) groups excluding carboxylic acids is 1. The van der Waals surface area contributed by atoms with Gasteiger partial charge in [-0.2, -0.15) is 5.10 Å². The third-order valence-electron chi connectivity index (χ3n) is 3.71. The summed E-state index contributed by atoms with van der Waals surface area (Å²) in [5, 5.41) is 8.24. The lowest BCUT2D eigenvalue weighted by Gasteiger charge is -2.15. The molecule has 1 fully saturated rings. The fourth-order valence-corrected chi connectivity index (χ4v) is 4.40. The molecule has 1 saturated carbocycles. The summed E-state index contributed by atoms with van der Waals surface area (Å²) in [4.78, 5) is 18.0. The van der Waals surface area contributed by atoms with Gasteiger partial charge in [-0.25, -0.2) is 0 Å². The first-order valence-corrected chi connectivity index (χ1v) is 9.37. The van der Waals surface area contributed by atoms with E-state index in [9.17, 15) is 4.79 Å². The Bertz CT molecular complexity index is 602. The van der Waals surface area contributed by atoms with Crippen LogP contribution in [0, 0.1) is 0 Å². The molecule has 0 unspecified atom stereocenters. The molecule has 5 nitrogen and oxygen atoms in total. The first-order valence-electron chi connectivity index (χ1n) is 7.57. The molecule has 0 aromatic carbocycles. The lowest BCUT2D eigenvalue weighted by molar-refractivity contribution is -0.119. The minimum Gasteiger partial charge on any atom is -0.351 e. The van der Waals surface area contributed by atoms with Crippen molar-refractivity contribution in [1.82, 2.24) is 10.7 Å². The Morgan fingerprint density at radius 3 is 2.95 bits per heavy atom. The quantitative estimate of drug-likeness (QED) is 0.888. The molecule has 0 saturated heterocycles. The zero-order valence-corrected chi connectivity index (χ0v) is 14.2. The Morgan fingerprint density at radius 1 is 1.45 bits per heavy atom. The minimum atomic E-state index is -0.00468. The van der Waals surface area contributed by atoms with Crippen LogP contribution in [0.3, 0.4) is 0 Å². The Kier molecular flexibility index (Phi) is 5.15. The van der Waals surface area contributed by atoms with Gasteiger partial charge in [0.1, 0.15) is 0 Å². The van der Waals surface area contributed by atoms with E-state index in [4.69, 9.17) is 4.99 Å². The molecular weight excluding hydrogens is 316 g/mol. The third kappa shape index (κ3) is 4.10. The van der Waals surface area contributed by atoms with Gasteiger partial charge >= 0.3 is 0 Å². The fourth-order valence-electron chi connectivity index (χ4n) is 2.55. The number of amides is 1. The highest BCUT2D eigenvalue weighted by atomic mass is 32.2. The Hall–Kier alpha value is -1.34. The van der Waals surface area contributed by atoms with Gasteiger partial charge in [0.05, 0.1) is 23.2 Å². The van der Waals surface area contributed by atoms with Gasteiger partial charge < -0.3 is 5.32 Å². The predicted molar refractivity (Wildman–Crippen MR) is 93.7 cm³/mol. The molecule has 0 radical (unpaired) electrons. The van der Waals surface area contributed by atoms with Crippen LogP contribution in [0.4, 0.5) is 0 Å². The minimum absolute atomic E-state index is 0.00468. The number of amidine groups is 1. The number of hydrazone groups is 1. The Labute approximate surface area is 138 Å². The molecule has 1 aliphatic heterocycles. The number of hydrogen-bond acceptors (Lipinski definition) is 5. The molecule has 22 heavy (non-hydrogen) atoms.